The largest absolute Gasteiger partial charge is 0.496 e. The Bertz CT molecular complexity index is 1110. The number of halogens is 2. The van der Waals surface area contributed by atoms with Gasteiger partial charge in [0.2, 0.25) is 0 Å². The summed E-state index contributed by atoms with van der Waals surface area (Å²) in [6.07, 6.45) is 3.37. The molecule has 0 amide bonds. The molecule has 0 saturated heterocycles. The predicted octanol–water partition coefficient (Wildman–Crippen LogP) is 5.52. The Balaban J connectivity index is 1.54. The summed E-state index contributed by atoms with van der Waals surface area (Å²) in [7, 11) is 1.59. The van der Waals surface area contributed by atoms with Gasteiger partial charge in [-0.05, 0) is 48.5 Å². The molecule has 146 valence electrons. The summed E-state index contributed by atoms with van der Waals surface area (Å²) in [6, 6.07) is 15.3. The number of rotatable bonds is 6. The van der Waals surface area contributed by atoms with Gasteiger partial charge in [-0.25, -0.2) is 9.37 Å². The molecule has 7 heteroatoms. The zero-order chi connectivity index (χ0) is 20.2. The van der Waals surface area contributed by atoms with Crippen LogP contribution < -0.4 is 9.47 Å². The van der Waals surface area contributed by atoms with Crippen molar-refractivity contribution >= 4 is 11.6 Å². The van der Waals surface area contributed by atoms with E-state index in [0.717, 1.165) is 16.8 Å². The highest BCUT2D eigenvalue weighted by Gasteiger charge is 2.12. The van der Waals surface area contributed by atoms with Crippen LogP contribution in [-0.2, 0) is 6.61 Å². The highest BCUT2D eigenvalue weighted by Crippen LogP contribution is 2.33. The number of H-pyrrole nitrogens is 1. The number of nitrogens with zero attached hydrogens (tertiary/aromatic N) is 2. The molecule has 1 N–H and O–H groups in total. The van der Waals surface area contributed by atoms with E-state index in [-0.39, 0.29) is 5.82 Å². The topological polar surface area (TPSA) is 60.0 Å². The predicted molar refractivity (Wildman–Crippen MR) is 110 cm³/mol. The van der Waals surface area contributed by atoms with E-state index in [0.29, 0.717) is 34.6 Å². The van der Waals surface area contributed by atoms with Crippen LogP contribution in [0.2, 0.25) is 5.02 Å². The van der Waals surface area contributed by atoms with Crippen molar-refractivity contribution in [1.29, 1.82) is 0 Å². The second-order valence-corrected chi connectivity index (χ2v) is 6.70. The first-order valence-electron chi connectivity index (χ1n) is 8.85. The quantitative estimate of drug-likeness (QED) is 0.455. The van der Waals surface area contributed by atoms with Gasteiger partial charge in [0, 0.05) is 29.6 Å². The number of aromatic nitrogens is 3. The first-order valence-corrected chi connectivity index (χ1v) is 9.23. The molecule has 0 aliphatic carbocycles. The standard InChI is InChI=1S/C22H17ClFN3O2/c1-28-21-10-18(29-13-17-7-4-15(23)11-25-17)8-9-19(21)20-12-26-22(27-20)14-2-5-16(24)6-3-14/h2-12H,13H2,1H3,(H,26,27). The van der Waals surface area contributed by atoms with Crippen LogP contribution in [0.3, 0.4) is 0 Å². The van der Waals surface area contributed by atoms with Gasteiger partial charge in [-0.3, -0.25) is 4.98 Å². The summed E-state index contributed by atoms with van der Waals surface area (Å²) in [4.78, 5) is 11.9. The third kappa shape index (κ3) is 4.38. The minimum atomic E-state index is -0.286. The van der Waals surface area contributed by atoms with Crippen LogP contribution in [0.5, 0.6) is 11.5 Å². The third-order valence-electron chi connectivity index (χ3n) is 4.32. The molecule has 4 aromatic rings. The van der Waals surface area contributed by atoms with Gasteiger partial charge in [0.05, 0.1) is 23.5 Å². The molecule has 0 bridgehead atoms. The normalized spacial score (nSPS) is 10.7. The zero-order valence-corrected chi connectivity index (χ0v) is 16.3. The van der Waals surface area contributed by atoms with Gasteiger partial charge >= 0.3 is 0 Å². The average molecular weight is 410 g/mol. The van der Waals surface area contributed by atoms with E-state index < -0.39 is 0 Å². The summed E-state index contributed by atoms with van der Waals surface area (Å²) >= 11 is 5.85. The Morgan fingerprint density at radius 3 is 2.62 bits per heavy atom. The van der Waals surface area contributed by atoms with E-state index in [1.165, 1.54) is 12.1 Å². The molecule has 0 fully saturated rings. The number of methoxy groups -OCH3 is 1. The zero-order valence-electron chi connectivity index (χ0n) is 15.5. The molecule has 0 aliphatic heterocycles. The molecule has 0 atom stereocenters. The first kappa shape index (κ1) is 19.0. The molecule has 2 heterocycles. The molecular weight excluding hydrogens is 393 g/mol. The number of hydrogen-bond donors (Lipinski definition) is 1. The fourth-order valence-corrected chi connectivity index (χ4v) is 2.95. The molecular formula is C22H17ClFN3O2. The van der Waals surface area contributed by atoms with E-state index in [9.17, 15) is 4.39 Å². The lowest BCUT2D eigenvalue weighted by Gasteiger charge is -2.10. The number of pyridine rings is 1. The lowest BCUT2D eigenvalue weighted by atomic mass is 10.1. The molecule has 0 saturated carbocycles. The van der Waals surface area contributed by atoms with Crippen molar-refractivity contribution in [2.24, 2.45) is 0 Å². The van der Waals surface area contributed by atoms with Crippen molar-refractivity contribution in [3.63, 3.8) is 0 Å². The van der Waals surface area contributed by atoms with Gasteiger partial charge in [-0.15, -0.1) is 0 Å². The number of nitrogens with one attached hydrogen (secondary N) is 1. The Hall–Kier alpha value is -3.38. The number of ether oxygens (including phenoxy) is 2. The van der Waals surface area contributed by atoms with Crippen molar-refractivity contribution in [3.8, 4) is 34.1 Å². The Morgan fingerprint density at radius 2 is 1.90 bits per heavy atom. The van der Waals surface area contributed by atoms with Gasteiger partial charge in [-0.2, -0.15) is 0 Å². The second-order valence-electron chi connectivity index (χ2n) is 6.26. The molecule has 2 aromatic heterocycles. The fourth-order valence-electron chi connectivity index (χ4n) is 2.84. The number of benzene rings is 2. The van der Waals surface area contributed by atoms with Crippen LogP contribution in [-0.4, -0.2) is 22.1 Å². The Morgan fingerprint density at radius 1 is 1.07 bits per heavy atom. The minimum Gasteiger partial charge on any atom is -0.496 e. The Kier molecular flexibility index (Phi) is 5.44. The minimum absolute atomic E-state index is 0.286. The van der Waals surface area contributed by atoms with Crippen LogP contribution >= 0.6 is 11.6 Å². The average Bonchev–Trinajstić information content (AvgIpc) is 3.23. The summed E-state index contributed by atoms with van der Waals surface area (Å²) in [6.45, 7) is 0.316. The molecule has 2 aromatic carbocycles. The molecule has 4 rings (SSSR count). The van der Waals surface area contributed by atoms with Crippen LogP contribution in [0.1, 0.15) is 5.69 Å². The van der Waals surface area contributed by atoms with Crippen molar-refractivity contribution in [2.75, 3.05) is 7.11 Å². The molecule has 0 radical (unpaired) electrons. The maximum atomic E-state index is 13.1. The van der Waals surface area contributed by atoms with Gasteiger partial charge in [0.25, 0.3) is 0 Å². The van der Waals surface area contributed by atoms with Crippen molar-refractivity contribution in [1.82, 2.24) is 15.0 Å². The smallest absolute Gasteiger partial charge is 0.138 e. The maximum absolute atomic E-state index is 13.1. The maximum Gasteiger partial charge on any atom is 0.138 e. The molecule has 0 spiro atoms. The van der Waals surface area contributed by atoms with Gasteiger partial charge in [0.15, 0.2) is 0 Å². The van der Waals surface area contributed by atoms with Crippen LogP contribution in [0, 0.1) is 5.82 Å². The van der Waals surface area contributed by atoms with Gasteiger partial charge < -0.3 is 14.5 Å². The van der Waals surface area contributed by atoms with E-state index in [1.807, 2.05) is 18.2 Å². The van der Waals surface area contributed by atoms with Crippen LogP contribution in [0.4, 0.5) is 4.39 Å². The monoisotopic (exact) mass is 409 g/mol. The molecule has 5 nitrogen and oxygen atoms in total. The Labute approximate surface area is 172 Å². The second kappa shape index (κ2) is 8.32. The van der Waals surface area contributed by atoms with Gasteiger partial charge in [-0.1, -0.05) is 11.6 Å². The van der Waals surface area contributed by atoms with E-state index in [1.54, 1.807) is 43.8 Å². The highest BCUT2D eigenvalue weighted by molar-refractivity contribution is 6.30. The van der Waals surface area contributed by atoms with Crippen molar-refractivity contribution < 1.29 is 13.9 Å². The number of hydrogen-bond acceptors (Lipinski definition) is 4. The van der Waals surface area contributed by atoms with Crippen LogP contribution in [0.25, 0.3) is 22.6 Å². The summed E-state index contributed by atoms with van der Waals surface area (Å²) in [5.41, 5.74) is 3.10. The van der Waals surface area contributed by atoms with Crippen LogP contribution in [0.15, 0.2) is 67.0 Å². The highest BCUT2D eigenvalue weighted by atomic mass is 35.5. The SMILES string of the molecule is COc1cc(OCc2ccc(Cl)cn2)ccc1-c1c[nH]c(-c2ccc(F)cc2)n1. The van der Waals surface area contributed by atoms with E-state index >= 15 is 0 Å². The third-order valence-corrected chi connectivity index (χ3v) is 4.54. The van der Waals surface area contributed by atoms with E-state index in [4.69, 9.17) is 21.1 Å². The first-order chi connectivity index (χ1) is 14.1. The van der Waals surface area contributed by atoms with E-state index in [2.05, 4.69) is 15.0 Å². The summed E-state index contributed by atoms with van der Waals surface area (Å²) in [5.74, 6) is 1.64. The van der Waals surface area contributed by atoms with Crippen molar-refractivity contribution in [3.05, 3.63) is 83.5 Å². The molecule has 0 unspecified atom stereocenters. The van der Waals surface area contributed by atoms with Crippen molar-refractivity contribution in [2.45, 2.75) is 6.61 Å². The summed E-state index contributed by atoms with van der Waals surface area (Å²) in [5, 5.41) is 0.582. The lowest BCUT2D eigenvalue weighted by Crippen LogP contribution is -1.98. The number of aromatic amines is 1. The molecule has 0 aliphatic rings. The molecule has 29 heavy (non-hydrogen) atoms. The summed E-state index contributed by atoms with van der Waals surface area (Å²) < 4.78 is 24.5. The van der Waals surface area contributed by atoms with Gasteiger partial charge in [0.1, 0.15) is 29.7 Å². The fraction of sp³-hybridized carbons (Fsp3) is 0.0909. The number of imidazole rings is 1. The lowest BCUT2D eigenvalue weighted by molar-refractivity contribution is 0.299.